The lowest BCUT2D eigenvalue weighted by Gasteiger charge is -2.15. The number of thiazole rings is 1. The molecule has 0 aliphatic heterocycles. The molecule has 1 atom stereocenters. The van der Waals surface area contributed by atoms with Crippen LogP contribution in [0.1, 0.15) is 41.4 Å². The van der Waals surface area contributed by atoms with Crippen LogP contribution in [0, 0.1) is 13.8 Å². The molecule has 0 saturated heterocycles. The van der Waals surface area contributed by atoms with Gasteiger partial charge in [0.15, 0.2) is 0 Å². The van der Waals surface area contributed by atoms with E-state index in [1.807, 2.05) is 26.1 Å². The predicted octanol–water partition coefficient (Wildman–Crippen LogP) is 2.66. The van der Waals surface area contributed by atoms with Crippen molar-refractivity contribution in [3.63, 3.8) is 0 Å². The molecule has 6 heteroatoms. The maximum atomic E-state index is 12.2. The van der Waals surface area contributed by atoms with E-state index in [0.717, 1.165) is 30.0 Å². The maximum Gasteiger partial charge on any atom is 0.244 e. The van der Waals surface area contributed by atoms with Crippen molar-refractivity contribution in [2.24, 2.45) is 0 Å². The van der Waals surface area contributed by atoms with Crippen LogP contribution in [0.15, 0.2) is 18.5 Å². The van der Waals surface area contributed by atoms with Crippen LogP contribution < -0.4 is 5.32 Å². The van der Waals surface area contributed by atoms with Gasteiger partial charge in [0.25, 0.3) is 0 Å². The average molecular weight is 306 g/mol. The van der Waals surface area contributed by atoms with Crippen molar-refractivity contribution in [1.82, 2.24) is 20.1 Å². The van der Waals surface area contributed by atoms with E-state index in [1.165, 1.54) is 4.88 Å². The lowest BCUT2D eigenvalue weighted by atomic mass is 10.2. The summed E-state index contributed by atoms with van der Waals surface area (Å²) in [5.41, 5.74) is 1.11. The number of rotatable bonds is 7. The highest BCUT2D eigenvalue weighted by atomic mass is 32.1. The molecule has 2 aromatic heterocycles. The smallest absolute Gasteiger partial charge is 0.244 e. The second kappa shape index (κ2) is 7.36. The van der Waals surface area contributed by atoms with Crippen molar-refractivity contribution in [3.05, 3.63) is 34.0 Å². The largest absolute Gasteiger partial charge is 0.354 e. The number of amides is 1. The molecule has 0 spiro atoms. The highest BCUT2D eigenvalue weighted by Crippen LogP contribution is 2.17. The van der Waals surface area contributed by atoms with Gasteiger partial charge in [-0.3, -0.25) is 9.48 Å². The number of carbonyl (C=O) groups excluding carboxylic acids is 1. The van der Waals surface area contributed by atoms with Crippen LogP contribution in [0.4, 0.5) is 0 Å². The Hall–Kier alpha value is -1.69. The number of aromatic nitrogens is 3. The minimum absolute atomic E-state index is 0.0349. The summed E-state index contributed by atoms with van der Waals surface area (Å²) in [4.78, 5) is 17.9. The summed E-state index contributed by atoms with van der Waals surface area (Å²) in [5.74, 6) is 0.0349. The van der Waals surface area contributed by atoms with Gasteiger partial charge < -0.3 is 5.32 Å². The van der Waals surface area contributed by atoms with Gasteiger partial charge in [-0.05, 0) is 32.8 Å². The molecule has 0 aliphatic carbocycles. The van der Waals surface area contributed by atoms with Gasteiger partial charge in [-0.1, -0.05) is 6.92 Å². The van der Waals surface area contributed by atoms with E-state index in [0.29, 0.717) is 6.54 Å². The zero-order valence-corrected chi connectivity index (χ0v) is 13.6. The number of nitrogens with one attached hydrogen (secondary N) is 1. The molecule has 5 nitrogen and oxygen atoms in total. The Bertz CT molecular complexity index is 557. The Labute approximate surface area is 129 Å². The van der Waals surface area contributed by atoms with Gasteiger partial charge in [0.1, 0.15) is 6.04 Å². The fraction of sp³-hybridized carbons (Fsp3) is 0.533. The minimum atomic E-state index is -0.218. The predicted molar refractivity (Wildman–Crippen MR) is 84.5 cm³/mol. The van der Waals surface area contributed by atoms with E-state index in [2.05, 4.69) is 22.3 Å². The second-order valence-electron chi connectivity index (χ2n) is 5.05. The molecule has 1 N–H and O–H groups in total. The van der Waals surface area contributed by atoms with Crippen molar-refractivity contribution in [2.45, 2.75) is 46.1 Å². The maximum absolute atomic E-state index is 12.2. The number of hydrogen-bond donors (Lipinski definition) is 1. The van der Waals surface area contributed by atoms with E-state index >= 15 is 0 Å². The fourth-order valence-electron chi connectivity index (χ4n) is 2.17. The number of hydrogen-bond acceptors (Lipinski definition) is 4. The Balaban J connectivity index is 1.76. The zero-order chi connectivity index (χ0) is 15.2. The molecule has 2 rings (SSSR count). The SMILES string of the molecule is CC[C@H](C(=O)NCCCc1nc(C)c(C)s1)n1cccn1. The van der Waals surface area contributed by atoms with Crippen LogP contribution in [0.25, 0.3) is 0 Å². The first-order valence-corrected chi connectivity index (χ1v) is 8.13. The van der Waals surface area contributed by atoms with Crippen molar-refractivity contribution >= 4 is 17.2 Å². The third-order valence-electron chi connectivity index (χ3n) is 3.47. The lowest BCUT2D eigenvalue weighted by molar-refractivity contribution is -0.124. The minimum Gasteiger partial charge on any atom is -0.354 e. The number of carbonyl (C=O) groups is 1. The van der Waals surface area contributed by atoms with E-state index < -0.39 is 0 Å². The summed E-state index contributed by atoms with van der Waals surface area (Å²) in [5, 5.41) is 8.29. The van der Waals surface area contributed by atoms with Crippen molar-refractivity contribution in [3.8, 4) is 0 Å². The van der Waals surface area contributed by atoms with Crippen LogP contribution in [-0.4, -0.2) is 27.2 Å². The van der Waals surface area contributed by atoms with Crippen LogP contribution in [0.3, 0.4) is 0 Å². The molecule has 0 aromatic carbocycles. The molecule has 0 radical (unpaired) electrons. The molecule has 2 heterocycles. The molecular formula is C15H22N4OS. The summed E-state index contributed by atoms with van der Waals surface area (Å²) in [6.07, 6.45) is 6.09. The summed E-state index contributed by atoms with van der Waals surface area (Å²) in [7, 11) is 0. The molecule has 0 bridgehead atoms. The van der Waals surface area contributed by atoms with Gasteiger partial charge in [-0.2, -0.15) is 5.10 Å². The monoisotopic (exact) mass is 306 g/mol. The standard InChI is InChI=1S/C15H22N4OS/c1-4-13(19-10-6-9-17-19)15(20)16-8-5-7-14-18-11(2)12(3)21-14/h6,9-10,13H,4-5,7-8H2,1-3H3,(H,16,20)/t13-/m1/s1. The molecule has 114 valence electrons. The van der Waals surface area contributed by atoms with Crippen molar-refractivity contribution < 1.29 is 4.79 Å². The van der Waals surface area contributed by atoms with Crippen molar-refractivity contribution in [1.29, 1.82) is 0 Å². The van der Waals surface area contributed by atoms with Gasteiger partial charge in [0, 0.05) is 30.2 Å². The normalized spacial score (nSPS) is 12.3. The first-order chi connectivity index (χ1) is 10.1. The van der Waals surface area contributed by atoms with Crippen LogP contribution >= 0.6 is 11.3 Å². The topological polar surface area (TPSA) is 59.8 Å². The summed E-state index contributed by atoms with van der Waals surface area (Å²) >= 11 is 1.74. The second-order valence-corrected chi connectivity index (χ2v) is 6.34. The van der Waals surface area contributed by atoms with Gasteiger partial charge in [-0.15, -0.1) is 11.3 Å². The molecule has 21 heavy (non-hydrogen) atoms. The number of aryl methyl sites for hydroxylation is 3. The Morgan fingerprint density at radius 2 is 2.29 bits per heavy atom. The number of nitrogens with zero attached hydrogens (tertiary/aromatic N) is 3. The van der Waals surface area contributed by atoms with E-state index in [9.17, 15) is 4.79 Å². The molecular weight excluding hydrogens is 284 g/mol. The molecule has 0 aliphatic rings. The third-order valence-corrected chi connectivity index (χ3v) is 4.61. The van der Waals surface area contributed by atoms with E-state index in [1.54, 1.807) is 22.2 Å². The molecule has 0 fully saturated rings. The molecule has 0 saturated carbocycles. The summed E-state index contributed by atoms with van der Waals surface area (Å²) in [6, 6.07) is 1.62. The van der Waals surface area contributed by atoms with Gasteiger partial charge in [0.05, 0.1) is 10.7 Å². The molecule has 2 aromatic rings. The Morgan fingerprint density at radius 3 is 2.86 bits per heavy atom. The zero-order valence-electron chi connectivity index (χ0n) is 12.8. The van der Waals surface area contributed by atoms with E-state index in [-0.39, 0.29) is 11.9 Å². The first-order valence-electron chi connectivity index (χ1n) is 7.31. The van der Waals surface area contributed by atoms with Crippen LogP contribution in [0.2, 0.25) is 0 Å². The fourth-order valence-corrected chi connectivity index (χ4v) is 3.15. The highest BCUT2D eigenvalue weighted by molar-refractivity contribution is 7.11. The van der Waals surface area contributed by atoms with Gasteiger partial charge >= 0.3 is 0 Å². The third kappa shape index (κ3) is 4.14. The van der Waals surface area contributed by atoms with E-state index in [4.69, 9.17) is 0 Å². The Kier molecular flexibility index (Phi) is 5.50. The van der Waals surface area contributed by atoms with Crippen molar-refractivity contribution in [2.75, 3.05) is 6.54 Å². The Morgan fingerprint density at radius 1 is 1.48 bits per heavy atom. The highest BCUT2D eigenvalue weighted by Gasteiger charge is 2.17. The average Bonchev–Trinajstić information content (AvgIpc) is 3.07. The molecule has 0 unspecified atom stereocenters. The van der Waals surface area contributed by atoms with Crippen LogP contribution in [-0.2, 0) is 11.2 Å². The van der Waals surface area contributed by atoms with Gasteiger partial charge in [-0.25, -0.2) is 4.98 Å². The first kappa shape index (κ1) is 15.7. The quantitative estimate of drug-likeness (QED) is 0.800. The molecule has 1 amide bonds. The summed E-state index contributed by atoms with van der Waals surface area (Å²) in [6.45, 7) is 6.79. The lowest BCUT2D eigenvalue weighted by Crippen LogP contribution is -2.33. The van der Waals surface area contributed by atoms with Crippen LogP contribution in [0.5, 0.6) is 0 Å². The van der Waals surface area contributed by atoms with Gasteiger partial charge in [0.2, 0.25) is 5.91 Å². The summed E-state index contributed by atoms with van der Waals surface area (Å²) < 4.78 is 1.71.